The molecule has 0 aromatic heterocycles. The summed E-state index contributed by atoms with van der Waals surface area (Å²) in [5, 5.41) is 8.93. The Balaban J connectivity index is 3.40. The quantitative estimate of drug-likeness (QED) is 0.418. The minimum atomic E-state index is -0.675. The van der Waals surface area contributed by atoms with Crippen LogP contribution in [0, 0.1) is 5.92 Å². The summed E-state index contributed by atoms with van der Waals surface area (Å²) in [5.41, 5.74) is 0. The molecule has 0 aliphatic heterocycles. The summed E-state index contributed by atoms with van der Waals surface area (Å²) in [6.07, 6.45) is 11.8. The van der Waals surface area contributed by atoms with E-state index in [1.54, 1.807) is 6.08 Å². The lowest BCUT2D eigenvalue weighted by Crippen LogP contribution is -2.12. The van der Waals surface area contributed by atoms with E-state index in [0.717, 1.165) is 12.8 Å². The second kappa shape index (κ2) is 10.7. The Kier molecular flexibility index (Phi) is 10.2. The third-order valence-corrected chi connectivity index (χ3v) is 2.96. The maximum absolute atomic E-state index is 10.8. The van der Waals surface area contributed by atoms with Crippen molar-refractivity contribution in [3.63, 3.8) is 0 Å². The minimum Gasteiger partial charge on any atom is -0.481 e. The fourth-order valence-corrected chi connectivity index (χ4v) is 1.89. The summed E-state index contributed by atoms with van der Waals surface area (Å²) in [6, 6.07) is 0. The van der Waals surface area contributed by atoms with E-state index in [9.17, 15) is 4.79 Å². The second-order valence-electron chi connectivity index (χ2n) is 4.47. The Morgan fingerprint density at radius 1 is 1.19 bits per heavy atom. The standard InChI is InChI=1S/C14H26O2/c1-3-5-6-7-8-9-10-12-13(11-4-2)14(15)16/h4,13H,2-3,5-12H2,1H3,(H,15,16). The number of carbonyl (C=O) groups is 1. The molecule has 0 radical (unpaired) electrons. The van der Waals surface area contributed by atoms with Crippen molar-refractivity contribution < 1.29 is 9.90 Å². The summed E-state index contributed by atoms with van der Waals surface area (Å²) >= 11 is 0. The zero-order valence-corrected chi connectivity index (χ0v) is 10.6. The van der Waals surface area contributed by atoms with Crippen LogP contribution >= 0.6 is 0 Å². The summed E-state index contributed by atoms with van der Waals surface area (Å²) in [4.78, 5) is 10.8. The highest BCUT2D eigenvalue weighted by Crippen LogP contribution is 2.16. The minimum absolute atomic E-state index is 0.215. The number of aliphatic carboxylic acids is 1. The Morgan fingerprint density at radius 2 is 1.75 bits per heavy atom. The molecule has 1 unspecified atom stereocenters. The van der Waals surface area contributed by atoms with Crippen LogP contribution in [0.4, 0.5) is 0 Å². The second-order valence-corrected chi connectivity index (χ2v) is 4.47. The van der Waals surface area contributed by atoms with Crippen LogP contribution in [0.15, 0.2) is 12.7 Å². The van der Waals surface area contributed by atoms with E-state index in [1.807, 2.05) is 0 Å². The van der Waals surface area contributed by atoms with E-state index in [-0.39, 0.29) is 5.92 Å². The first-order valence-electron chi connectivity index (χ1n) is 6.56. The van der Waals surface area contributed by atoms with Gasteiger partial charge < -0.3 is 5.11 Å². The molecule has 0 saturated carbocycles. The SMILES string of the molecule is C=CCC(CCCCCCCCC)C(=O)O. The van der Waals surface area contributed by atoms with Gasteiger partial charge in [0, 0.05) is 0 Å². The maximum atomic E-state index is 10.8. The molecular weight excluding hydrogens is 200 g/mol. The van der Waals surface area contributed by atoms with E-state index in [2.05, 4.69) is 13.5 Å². The zero-order chi connectivity index (χ0) is 12.2. The number of allylic oxidation sites excluding steroid dienone is 1. The number of unbranched alkanes of at least 4 members (excludes halogenated alkanes) is 6. The molecule has 0 rings (SSSR count). The summed E-state index contributed by atoms with van der Waals surface area (Å²) in [5.74, 6) is -0.890. The number of carboxylic acids is 1. The Labute approximate surface area is 99.7 Å². The van der Waals surface area contributed by atoms with E-state index >= 15 is 0 Å². The van der Waals surface area contributed by atoms with E-state index in [0.29, 0.717) is 6.42 Å². The normalized spacial score (nSPS) is 12.3. The fraction of sp³-hybridized carbons (Fsp3) is 0.786. The molecule has 2 heteroatoms. The van der Waals surface area contributed by atoms with Crippen LogP contribution in [0.1, 0.15) is 64.7 Å². The lowest BCUT2D eigenvalue weighted by atomic mass is 9.97. The van der Waals surface area contributed by atoms with Crippen LogP contribution in [0.25, 0.3) is 0 Å². The monoisotopic (exact) mass is 226 g/mol. The molecule has 94 valence electrons. The van der Waals surface area contributed by atoms with Crippen molar-refractivity contribution in [1.29, 1.82) is 0 Å². The molecule has 1 N–H and O–H groups in total. The van der Waals surface area contributed by atoms with Crippen LogP contribution < -0.4 is 0 Å². The van der Waals surface area contributed by atoms with E-state index < -0.39 is 5.97 Å². The predicted molar refractivity (Wildman–Crippen MR) is 68.5 cm³/mol. The first-order valence-corrected chi connectivity index (χ1v) is 6.56. The van der Waals surface area contributed by atoms with Gasteiger partial charge in [0.25, 0.3) is 0 Å². The predicted octanol–water partition coefficient (Wildman–Crippen LogP) is 4.40. The smallest absolute Gasteiger partial charge is 0.306 e. The van der Waals surface area contributed by atoms with Crippen molar-refractivity contribution in [1.82, 2.24) is 0 Å². The largest absolute Gasteiger partial charge is 0.481 e. The molecule has 0 saturated heterocycles. The van der Waals surface area contributed by atoms with Gasteiger partial charge in [-0.25, -0.2) is 0 Å². The van der Waals surface area contributed by atoms with E-state index in [4.69, 9.17) is 5.11 Å². The summed E-state index contributed by atoms with van der Waals surface area (Å²) in [6.45, 7) is 5.81. The molecule has 2 nitrogen and oxygen atoms in total. The number of hydrogen-bond acceptors (Lipinski definition) is 1. The molecule has 16 heavy (non-hydrogen) atoms. The highest BCUT2D eigenvalue weighted by atomic mass is 16.4. The maximum Gasteiger partial charge on any atom is 0.306 e. The Hall–Kier alpha value is -0.790. The topological polar surface area (TPSA) is 37.3 Å². The molecule has 0 aromatic carbocycles. The number of hydrogen-bond donors (Lipinski definition) is 1. The van der Waals surface area contributed by atoms with Crippen molar-refractivity contribution in [2.75, 3.05) is 0 Å². The van der Waals surface area contributed by atoms with Crippen LogP contribution in [0.5, 0.6) is 0 Å². The molecule has 0 aliphatic carbocycles. The average molecular weight is 226 g/mol. The van der Waals surface area contributed by atoms with Crippen molar-refractivity contribution in [2.45, 2.75) is 64.7 Å². The van der Waals surface area contributed by atoms with Crippen LogP contribution in [-0.4, -0.2) is 11.1 Å². The third kappa shape index (κ3) is 8.51. The van der Waals surface area contributed by atoms with Gasteiger partial charge in [-0.15, -0.1) is 6.58 Å². The first-order chi connectivity index (χ1) is 7.72. The van der Waals surface area contributed by atoms with Gasteiger partial charge >= 0.3 is 5.97 Å². The lowest BCUT2D eigenvalue weighted by Gasteiger charge is -2.09. The van der Waals surface area contributed by atoms with E-state index in [1.165, 1.54) is 38.5 Å². The van der Waals surface area contributed by atoms with Gasteiger partial charge in [-0.05, 0) is 12.8 Å². The highest BCUT2D eigenvalue weighted by Gasteiger charge is 2.14. The van der Waals surface area contributed by atoms with Crippen LogP contribution in [0.2, 0.25) is 0 Å². The van der Waals surface area contributed by atoms with Crippen LogP contribution in [-0.2, 0) is 4.79 Å². The molecule has 0 aromatic rings. The van der Waals surface area contributed by atoms with Crippen molar-refractivity contribution in [2.24, 2.45) is 5.92 Å². The summed E-state index contributed by atoms with van der Waals surface area (Å²) in [7, 11) is 0. The van der Waals surface area contributed by atoms with Gasteiger partial charge in [0.15, 0.2) is 0 Å². The molecule has 0 spiro atoms. The molecular formula is C14H26O2. The van der Waals surface area contributed by atoms with Gasteiger partial charge in [0.2, 0.25) is 0 Å². The lowest BCUT2D eigenvalue weighted by molar-refractivity contribution is -0.141. The Morgan fingerprint density at radius 3 is 2.25 bits per heavy atom. The molecule has 1 atom stereocenters. The first kappa shape index (κ1) is 15.2. The van der Waals surface area contributed by atoms with Crippen LogP contribution in [0.3, 0.4) is 0 Å². The number of rotatable bonds is 11. The number of carboxylic acid groups (broad SMARTS) is 1. The third-order valence-electron chi connectivity index (χ3n) is 2.96. The van der Waals surface area contributed by atoms with Crippen molar-refractivity contribution in [3.05, 3.63) is 12.7 Å². The molecule has 0 fully saturated rings. The molecule has 0 bridgehead atoms. The average Bonchev–Trinajstić information content (AvgIpc) is 2.26. The van der Waals surface area contributed by atoms with Crippen molar-refractivity contribution in [3.8, 4) is 0 Å². The fourth-order valence-electron chi connectivity index (χ4n) is 1.89. The molecule has 0 heterocycles. The van der Waals surface area contributed by atoms with Crippen molar-refractivity contribution >= 4 is 5.97 Å². The zero-order valence-electron chi connectivity index (χ0n) is 10.6. The highest BCUT2D eigenvalue weighted by molar-refractivity contribution is 5.70. The molecule has 0 amide bonds. The van der Waals surface area contributed by atoms with Gasteiger partial charge in [-0.3, -0.25) is 4.79 Å². The van der Waals surface area contributed by atoms with Gasteiger partial charge in [-0.2, -0.15) is 0 Å². The molecule has 0 aliphatic rings. The Bertz CT molecular complexity index is 187. The van der Waals surface area contributed by atoms with Gasteiger partial charge in [-0.1, -0.05) is 57.9 Å². The van der Waals surface area contributed by atoms with Gasteiger partial charge in [0.1, 0.15) is 0 Å². The summed E-state index contributed by atoms with van der Waals surface area (Å²) < 4.78 is 0. The van der Waals surface area contributed by atoms with Gasteiger partial charge in [0.05, 0.1) is 5.92 Å².